The molecule has 0 radical (unpaired) electrons. The molecule has 0 aromatic heterocycles. The van der Waals surface area contributed by atoms with Crippen LogP contribution in [-0.2, 0) is 6.42 Å². The fourth-order valence-electron chi connectivity index (χ4n) is 2.97. The van der Waals surface area contributed by atoms with Gasteiger partial charge in [0.15, 0.2) is 0 Å². The lowest BCUT2D eigenvalue weighted by Crippen LogP contribution is -2.37. The quantitative estimate of drug-likeness (QED) is 0.810. The van der Waals surface area contributed by atoms with Crippen molar-refractivity contribution in [1.82, 2.24) is 5.32 Å². The zero-order valence-corrected chi connectivity index (χ0v) is 13.0. The van der Waals surface area contributed by atoms with E-state index in [0.29, 0.717) is 0 Å². The van der Waals surface area contributed by atoms with Gasteiger partial charge in [0.05, 0.1) is 0 Å². The van der Waals surface area contributed by atoms with Gasteiger partial charge in [-0.3, -0.25) is 0 Å². The van der Waals surface area contributed by atoms with Gasteiger partial charge in [0.2, 0.25) is 0 Å². The highest BCUT2D eigenvalue weighted by Gasteiger charge is 2.30. The minimum Gasteiger partial charge on any atom is -0.316 e. The molecular formula is C18H29N. The van der Waals surface area contributed by atoms with E-state index < -0.39 is 0 Å². The largest absolute Gasteiger partial charge is 0.316 e. The number of benzene rings is 1. The standard InChI is InChI=1S/C18H29N/c1-13(2)11-19-12-18-8-7-17(18)10-16-6-5-14(3)15(4)9-16/h5-6,9,13,17-19H,7-8,10-12H2,1-4H3. The second-order valence-electron chi connectivity index (χ2n) is 6.77. The van der Waals surface area contributed by atoms with Crippen molar-refractivity contribution in [1.29, 1.82) is 0 Å². The first kappa shape index (κ1) is 14.6. The summed E-state index contributed by atoms with van der Waals surface area (Å²) in [6, 6.07) is 6.97. The molecule has 0 aliphatic heterocycles. The van der Waals surface area contributed by atoms with E-state index in [9.17, 15) is 0 Å². The van der Waals surface area contributed by atoms with Crippen molar-refractivity contribution in [3.05, 3.63) is 34.9 Å². The smallest absolute Gasteiger partial charge is 0.00176 e. The fourth-order valence-corrected chi connectivity index (χ4v) is 2.97. The number of nitrogens with one attached hydrogen (secondary N) is 1. The van der Waals surface area contributed by atoms with Crippen LogP contribution >= 0.6 is 0 Å². The van der Waals surface area contributed by atoms with Crippen molar-refractivity contribution in [3.8, 4) is 0 Å². The molecule has 1 aliphatic rings. The number of rotatable bonds is 6. The Kier molecular flexibility index (Phi) is 5.04. The maximum atomic E-state index is 3.62. The Bertz CT molecular complexity index is 408. The zero-order chi connectivity index (χ0) is 13.8. The summed E-state index contributed by atoms with van der Waals surface area (Å²) in [5.74, 6) is 2.57. The lowest BCUT2D eigenvalue weighted by Gasteiger charge is -2.37. The second-order valence-corrected chi connectivity index (χ2v) is 6.77. The molecule has 1 heteroatoms. The molecule has 1 nitrogen and oxygen atoms in total. The van der Waals surface area contributed by atoms with Gasteiger partial charge in [-0.15, -0.1) is 0 Å². The average Bonchev–Trinajstić information content (AvgIpc) is 2.34. The van der Waals surface area contributed by atoms with Crippen molar-refractivity contribution >= 4 is 0 Å². The molecule has 1 saturated carbocycles. The molecule has 0 amide bonds. The van der Waals surface area contributed by atoms with Crippen molar-refractivity contribution in [3.63, 3.8) is 0 Å². The van der Waals surface area contributed by atoms with Crippen molar-refractivity contribution in [2.24, 2.45) is 17.8 Å². The number of hydrogen-bond acceptors (Lipinski definition) is 1. The lowest BCUT2D eigenvalue weighted by molar-refractivity contribution is 0.169. The number of hydrogen-bond donors (Lipinski definition) is 1. The minimum absolute atomic E-state index is 0.762. The van der Waals surface area contributed by atoms with Gasteiger partial charge in [0.25, 0.3) is 0 Å². The SMILES string of the molecule is Cc1ccc(CC2CCC2CNCC(C)C)cc1C. The first-order chi connectivity index (χ1) is 9.06. The average molecular weight is 259 g/mol. The molecule has 1 aromatic carbocycles. The molecule has 19 heavy (non-hydrogen) atoms. The molecule has 1 aromatic rings. The highest BCUT2D eigenvalue weighted by Crippen LogP contribution is 2.36. The predicted molar refractivity (Wildman–Crippen MR) is 83.5 cm³/mol. The third-order valence-corrected chi connectivity index (χ3v) is 4.60. The Morgan fingerprint density at radius 3 is 2.42 bits per heavy atom. The summed E-state index contributed by atoms with van der Waals surface area (Å²) in [6.45, 7) is 11.4. The van der Waals surface area contributed by atoms with E-state index in [0.717, 1.165) is 24.3 Å². The Hall–Kier alpha value is -0.820. The first-order valence-corrected chi connectivity index (χ1v) is 7.83. The van der Waals surface area contributed by atoms with E-state index in [2.05, 4.69) is 51.2 Å². The van der Waals surface area contributed by atoms with Gasteiger partial charge in [-0.05, 0) is 80.6 Å². The Balaban J connectivity index is 1.80. The van der Waals surface area contributed by atoms with Crippen LogP contribution in [0.25, 0.3) is 0 Å². The summed E-state index contributed by atoms with van der Waals surface area (Å²) in [4.78, 5) is 0. The van der Waals surface area contributed by atoms with Gasteiger partial charge >= 0.3 is 0 Å². The third kappa shape index (κ3) is 4.07. The van der Waals surface area contributed by atoms with E-state index in [1.807, 2.05) is 0 Å². The molecule has 0 bridgehead atoms. The summed E-state index contributed by atoms with van der Waals surface area (Å²) in [7, 11) is 0. The predicted octanol–water partition coefficient (Wildman–Crippen LogP) is 4.12. The highest BCUT2D eigenvalue weighted by atomic mass is 14.9. The van der Waals surface area contributed by atoms with Gasteiger partial charge in [-0.2, -0.15) is 0 Å². The van der Waals surface area contributed by atoms with Crippen LogP contribution in [-0.4, -0.2) is 13.1 Å². The molecule has 2 unspecified atom stereocenters. The molecule has 2 rings (SSSR count). The Morgan fingerprint density at radius 1 is 1.11 bits per heavy atom. The molecule has 0 spiro atoms. The van der Waals surface area contributed by atoms with Gasteiger partial charge in [0, 0.05) is 0 Å². The fraction of sp³-hybridized carbons (Fsp3) is 0.667. The molecule has 0 heterocycles. The topological polar surface area (TPSA) is 12.0 Å². The van der Waals surface area contributed by atoms with Gasteiger partial charge in [-0.1, -0.05) is 32.0 Å². The monoisotopic (exact) mass is 259 g/mol. The second kappa shape index (κ2) is 6.56. The Morgan fingerprint density at radius 2 is 1.84 bits per heavy atom. The summed E-state index contributed by atoms with van der Waals surface area (Å²) >= 11 is 0. The normalized spacial score (nSPS) is 22.6. The van der Waals surface area contributed by atoms with Crippen LogP contribution in [0.15, 0.2) is 18.2 Å². The van der Waals surface area contributed by atoms with E-state index in [1.54, 1.807) is 0 Å². The van der Waals surface area contributed by atoms with E-state index in [1.165, 1.54) is 42.5 Å². The molecule has 2 atom stereocenters. The molecule has 0 saturated heterocycles. The van der Waals surface area contributed by atoms with Crippen molar-refractivity contribution < 1.29 is 0 Å². The van der Waals surface area contributed by atoms with Gasteiger partial charge < -0.3 is 5.32 Å². The zero-order valence-electron chi connectivity index (χ0n) is 13.0. The van der Waals surface area contributed by atoms with Crippen LogP contribution in [0.1, 0.15) is 43.4 Å². The first-order valence-electron chi connectivity index (χ1n) is 7.83. The summed E-state index contributed by atoms with van der Waals surface area (Å²) in [6.07, 6.45) is 4.11. The van der Waals surface area contributed by atoms with E-state index in [4.69, 9.17) is 0 Å². The van der Waals surface area contributed by atoms with Crippen LogP contribution in [0.3, 0.4) is 0 Å². The Labute approximate surface area is 118 Å². The van der Waals surface area contributed by atoms with Crippen LogP contribution < -0.4 is 5.32 Å². The molecule has 1 N–H and O–H groups in total. The van der Waals surface area contributed by atoms with E-state index in [-0.39, 0.29) is 0 Å². The molecule has 1 fully saturated rings. The van der Waals surface area contributed by atoms with Crippen molar-refractivity contribution in [2.75, 3.05) is 13.1 Å². The van der Waals surface area contributed by atoms with Gasteiger partial charge in [0.1, 0.15) is 0 Å². The third-order valence-electron chi connectivity index (χ3n) is 4.60. The van der Waals surface area contributed by atoms with E-state index >= 15 is 0 Å². The highest BCUT2D eigenvalue weighted by molar-refractivity contribution is 5.30. The van der Waals surface area contributed by atoms with Crippen LogP contribution in [0.5, 0.6) is 0 Å². The van der Waals surface area contributed by atoms with Crippen LogP contribution in [0, 0.1) is 31.6 Å². The van der Waals surface area contributed by atoms with Crippen LogP contribution in [0.4, 0.5) is 0 Å². The molecule has 1 aliphatic carbocycles. The number of aryl methyl sites for hydroxylation is 2. The lowest BCUT2D eigenvalue weighted by atomic mass is 9.70. The minimum atomic E-state index is 0.762. The van der Waals surface area contributed by atoms with Crippen LogP contribution in [0.2, 0.25) is 0 Å². The maximum Gasteiger partial charge on any atom is -0.00176 e. The summed E-state index contributed by atoms with van der Waals surface area (Å²) < 4.78 is 0. The molecule has 106 valence electrons. The van der Waals surface area contributed by atoms with Gasteiger partial charge in [-0.25, -0.2) is 0 Å². The summed E-state index contributed by atoms with van der Waals surface area (Å²) in [5, 5.41) is 3.62. The summed E-state index contributed by atoms with van der Waals surface area (Å²) in [5.41, 5.74) is 4.38. The maximum absolute atomic E-state index is 3.62. The molecular weight excluding hydrogens is 230 g/mol. The van der Waals surface area contributed by atoms with Crippen molar-refractivity contribution in [2.45, 2.75) is 47.0 Å².